The number of benzene rings is 3. The molecule has 1 aliphatic heterocycles. The average Bonchev–Trinajstić information content (AvgIpc) is 2.96. The van der Waals surface area contributed by atoms with Gasteiger partial charge in [-0.15, -0.1) is 11.6 Å². The number of nitro groups is 1. The summed E-state index contributed by atoms with van der Waals surface area (Å²) < 4.78 is 32.2. The zero-order valence-corrected chi connectivity index (χ0v) is 20.1. The van der Waals surface area contributed by atoms with Crippen molar-refractivity contribution in [2.75, 3.05) is 34.1 Å². The van der Waals surface area contributed by atoms with Gasteiger partial charge in [0.05, 0.1) is 46.1 Å². The minimum atomic E-state index is -3.57. The molecular weight excluding hydrogens is 496 g/mol. The van der Waals surface area contributed by atoms with Crippen LogP contribution in [0.2, 0.25) is 0 Å². The molecule has 0 aliphatic carbocycles. The number of hydrogen-bond acceptors (Lipinski definition) is 7. The van der Waals surface area contributed by atoms with Crippen LogP contribution in [0.3, 0.4) is 0 Å². The van der Waals surface area contributed by atoms with Crippen molar-refractivity contribution in [2.45, 2.75) is 6.42 Å². The molecule has 0 fully saturated rings. The van der Waals surface area contributed by atoms with E-state index >= 15 is 0 Å². The smallest absolute Gasteiger partial charge is 0.310 e. The maximum Gasteiger partial charge on any atom is 0.310 e. The zero-order valence-electron chi connectivity index (χ0n) is 18.5. The fourth-order valence-electron chi connectivity index (χ4n) is 3.66. The third kappa shape index (κ3) is 5.31. The molecule has 182 valence electrons. The summed E-state index contributed by atoms with van der Waals surface area (Å²) in [6.07, 6.45) is 0.319. The number of fused-ring (bicyclic) bond motifs is 2. The molecule has 3 aromatic rings. The number of amides is 1. The van der Waals surface area contributed by atoms with E-state index in [1.807, 2.05) is 0 Å². The molecular formula is C23H21ClN4O6S. The molecule has 3 N–H and O–H groups in total. The number of sulfonamides is 1. The monoisotopic (exact) mass is 516 g/mol. The summed E-state index contributed by atoms with van der Waals surface area (Å²) in [4.78, 5) is 23.5. The Morgan fingerprint density at radius 2 is 1.74 bits per heavy atom. The summed E-state index contributed by atoms with van der Waals surface area (Å²) in [6.45, 7) is 0. The van der Waals surface area contributed by atoms with Crippen molar-refractivity contribution in [3.63, 3.8) is 0 Å². The van der Waals surface area contributed by atoms with Gasteiger partial charge < -0.3 is 15.4 Å². The summed E-state index contributed by atoms with van der Waals surface area (Å²) >= 11 is 5.60. The number of nitrogens with zero attached hydrogens (tertiary/aromatic N) is 1. The predicted molar refractivity (Wildman–Crippen MR) is 136 cm³/mol. The van der Waals surface area contributed by atoms with E-state index in [2.05, 4.69) is 15.4 Å². The number of nitrogens with one attached hydrogen (secondary N) is 3. The Bertz CT molecular complexity index is 1430. The fourth-order valence-corrected chi connectivity index (χ4v) is 5.07. The molecule has 3 aromatic carbocycles. The Kier molecular flexibility index (Phi) is 6.81. The van der Waals surface area contributed by atoms with E-state index in [1.165, 1.54) is 13.2 Å². The lowest BCUT2D eigenvalue weighted by Gasteiger charge is -2.13. The highest BCUT2D eigenvalue weighted by atomic mass is 35.5. The normalized spacial score (nSPS) is 12.5. The second kappa shape index (κ2) is 9.80. The van der Waals surface area contributed by atoms with E-state index in [-0.39, 0.29) is 29.0 Å². The van der Waals surface area contributed by atoms with Gasteiger partial charge in [0.25, 0.3) is 5.91 Å². The lowest BCUT2D eigenvalue weighted by Crippen LogP contribution is -2.17. The highest BCUT2D eigenvalue weighted by Gasteiger charge is 2.22. The molecule has 1 aliphatic rings. The summed E-state index contributed by atoms with van der Waals surface area (Å²) in [5.41, 5.74) is 3.36. The first-order valence-electron chi connectivity index (χ1n) is 10.5. The molecule has 0 saturated carbocycles. The maximum absolute atomic E-state index is 12.8. The van der Waals surface area contributed by atoms with Crippen molar-refractivity contribution in [3.05, 3.63) is 70.3 Å². The van der Waals surface area contributed by atoms with Gasteiger partial charge in [-0.3, -0.25) is 19.6 Å². The first-order chi connectivity index (χ1) is 16.7. The van der Waals surface area contributed by atoms with Gasteiger partial charge in [-0.25, -0.2) is 8.42 Å². The zero-order chi connectivity index (χ0) is 25.2. The third-order valence-corrected chi connectivity index (χ3v) is 6.97. The van der Waals surface area contributed by atoms with E-state index < -0.39 is 14.9 Å². The molecule has 0 bridgehead atoms. The summed E-state index contributed by atoms with van der Waals surface area (Å²) in [5.74, 6) is -0.0970. The van der Waals surface area contributed by atoms with Gasteiger partial charge in [-0.05, 0) is 60.0 Å². The predicted octanol–water partition coefficient (Wildman–Crippen LogP) is 4.95. The average molecular weight is 517 g/mol. The summed E-state index contributed by atoms with van der Waals surface area (Å²) in [5, 5.41) is 17.2. The first kappa shape index (κ1) is 24.3. The molecule has 1 amide bonds. The van der Waals surface area contributed by atoms with Crippen LogP contribution in [0.25, 0.3) is 11.1 Å². The van der Waals surface area contributed by atoms with Crippen LogP contribution >= 0.6 is 11.6 Å². The number of anilines is 4. The Labute approximate surface area is 206 Å². The molecule has 12 heteroatoms. The van der Waals surface area contributed by atoms with Crippen LogP contribution in [-0.4, -0.2) is 38.0 Å². The van der Waals surface area contributed by atoms with E-state index in [4.69, 9.17) is 16.3 Å². The van der Waals surface area contributed by atoms with Gasteiger partial charge in [0.2, 0.25) is 10.0 Å². The highest BCUT2D eigenvalue weighted by molar-refractivity contribution is 7.92. The van der Waals surface area contributed by atoms with Gasteiger partial charge in [0.15, 0.2) is 5.75 Å². The van der Waals surface area contributed by atoms with E-state index in [0.717, 1.165) is 0 Å². The van der Waals surface area contributed by atoms with E-state index in [0.29, 0.717) is 45.9 Å². The number of rotatable bonds is 8. The molecule has 4 rings (SSSR count). The van der Waals surface area contributed by atoms with Gasteiger partial charge in [0, 0.05) is 11.9 Å². The largest absolute Gasteiger partial charge is 0.490 e. The van der Waals surface area contributed by atoms with Crippen molar-refractivity contribution in [2.24, 2.45) is 0 Å². The van der Waals surface area contributed by atoms with Crippen molar-refractivity contribution in [1.29, 1.82) is 0 Å². The number of carbonyl (C=O) groups excluding carboxylic acids is 1. The number of ether oxygens (including phenoxy) is 1. The number of methoxy groups -OCH3 is 1. The van der Waals surface area contributed by atoms with Crippen LogP contribution in [0.4, 0.5) is 28.4 Å². The Morgan fingerprint density at radius 1 is 1.00 bits per heavy atom. The molecule has 0 spiro atoms. The van der Waals surface area contributed by atoms with Gasteiger partial charge >= 0.3 is 5.69 Å². The van der Waals surface area contributed by atoms with Crippen molar-refractivity contribution < 1.29 is 22.9 Å². The number of carbonyl (C=O) groups is 1. The van der Waals surface area contributed by atoms with Crippen LogP contribution in [0.5, 0.6) is 5.75 Å². The van der Waals surface area contributed by atoms with Crippen LogP contribution in [0, 0.1) is 10.1 Å². The third-order valence-electron chi connectivity index (χ3n) is 5.33. The van der Waals surface area contributed by atoms with Crippen LogP contribution < -0.4 is 20.1 Å². The summed E-state index contributed by atoms with van der Waals surface area (Å²) in [6, 6.07) is 14.4. The standard InChI is InChI=1S/C23H21ClN4O6S/c1-34-22-12-15(4-8-21(22)28(30)31)14-3-6-17-19(11-14)25-20-13-16(5-7-18(20)26-23(17)29)27-35(32,33)10-2-9-24/h3-8,11-13,25,27H,2,9-10H2,1H3,(H,26,29). The van der Waals surface area contributed by atoms with Crippen molar-refractivity contribution in [3.8, 4) is 16.9 Å². The van der Waals surface area contributed by atoms with E-state index in [1.54, 1.807) is 48.5 Å². The molecule has 0 unspecified atom stereocenters. The minimum absolute atomic E-state index is 0.108. The van der Waals surface area contributed by atoms with Gasteiger partial charge in [-0.2, -0.15) is 0 Å². The highest BCUT2D eigenvalue weighted by Crippen LogP contribution is 2.38. The number of nitro benzene ring substituents is 1. The molecule has 0 radical (unpaired) electrons. The van der Waals surface area contributed by atoms with Gasteiger partial charge in [-0.1, -0.05) is 6.07 Å². The van der Waals surface area contributed by atoms with Gasteiger partial charge in [0.1, 0.15) is 0 Å². The van der Waals surface area contributed by atoms with Crippen LogP contribution in [-0.2, 0) is 10.0 Å². The first-order valence-corrected chi connectivity index (χ1v) is 12.6. The molecule has 0 atom stereocenters. The van der Waals surface area contributed by atoms with Crippen molar-refractivity contribution >= 4 is 56.0 Å². The lowest BCUT2D eigenvalue weighted by molar-refractivity contribution is -0.385. The summed E-state index contributed by atoms with van der Waals surface area (Å²) in [7, 11) is -2.22. The molecule has 1 heterocycles. The quantitative estimate of drug-likeness (QED) is 0.218. The Hall–Kier alpha value is -3.83. The number of halogens is 1. The fraction of sp³-hybridized carbons (Fsp3) is 0.174. The molecule has 35 heavy (non-hydrogen) atoms. The van der Waals surface area contributed by atoms with Crippen LogP contribution in [0.15, 0.2) is 54.6 Å². The number of hydrogen-bond donors (Lipinski definition) is 3. The number of alkyl halides is 1. The Balaban J connectivity index is 1.69. The van der Waals surface area contributed by atoms with Crippen molar-refractivity contribution in [1.82, 2.24) is 0 Å². The van der Waals surface area contributed by atoms with Crippen LogP contribution in [0.1, 0.15) is 16.8 Å². The Morgan fingerprint density at radius 3 is 2.46 bits per heavy atom. The lowest BCUT2D eigenvalue weighted by atomic mass is 10.0. The molecule has 10 nitrogen and oxygen atoms in total. The topological polar surface area (TPSA) is 140 Å². The van der Waals surface area contributed by atoms with E-state index in [9.17, 15) is 23.3 Å². The maximum atomic E-state index is 12.8. The second-order valence-electron chi connectivity index (χ2n) is 7.71. The second-order valence-corrected chi connectivity index (χ2v) is 9.93. The SMILES string of the molecule is COc1cc(-c2ccc3c(c2)Nc2cc(NS(=O)(=O)CCCCl)ccc2NC3=O)ccc1[N+](=O)[O-]. The molecule has 0 saturated heterocycles. The minimum Gasteiger partial charge on any atom is -0.490 e. The molecule has 0 aromatic heterocycles.